The van der Waals surface area contributed by atoms with Gasteiger partial charge in [0.1, 0.15) is 11.7 Å². The molecule has 2 heterocycles. The van der Waals surface area contributed by atoms with E-state index in [9.17, 15) is 8.42 Å². The molecule has 152 valence electrons. The van der Waals surface area contributed by atoms with Gasteiger partial charge < -0.3 is 4.90 Å². The van der Waals surface area contributed by atoms with Crippen molar-refractivity contribution < 1.29 is 17.5 Å². The Labute approximate surface area is 194 Å². The maximum atomic E-state index is 11.2. The van der Waals surface area contributed by atoms with E-state index in [1.165, 1.54) is 4.70 Å². The molecule has 0 amide bonds. The highest BCUT2D eigenvalue weighted by Crippen LogP contribution is 2.47. The number of hydrogen-bond donors (Lipinski definition) is 1. The number of thioether (sulfide) groups is 1. The van der Waals surface area contributed by atoms with E-state index in [4.69, 9.17) is 4.55 Å². The van der Waals surface area contributed by atoms with Gasteiger partial charge in [0.2, 0.25) is 5.52 Å². The lowest BCUT2D eigenvalue weighted by atomic mass is 10.3. The summed E-state index contributed by atoms with van der Waals surface area (Å²) >= 11 is 10.4. The van der Waals surface area contributed by atoms with E-state index in [1.807, 2.05) is 25.2 Å². The molecule has 2 aromatic carbocycles. The zero-order chi connectivity index (χ0) is 20.8. The number of aryl methyl sites for hydroxylation is 1. The Kier molecular flexibility index (Phi) is 6.12. The van der Waals surface area contributed by atoms with Gasteiger partial charge in [-0.05, 0) is 36.8 Å². The van der Waals surface area contributed by atoms with Gasteiger partial charge in [-0.25, -0.2) is 0 Å². The minimum atomic E-state index is -3.97. The predicted octanol–water partition coefficient (Wildman–Crippen LogP) is 5.44. The van der Waals surface area contributed by atoms with Crippen molar-refractivity contribution in [3.05, 3.63) is 55.4 Å². The number of nitrogens with zero attached hydrogens (tertiary/aromatic N) is 2. The van der Waals surface area contributed by atoms with Crippen LogP contribution in [0.2, 0.25) is 0 Å². The van der Waals surface area contributed by atoms with Crippen molar-refractivity contribution in [2.24, 2.45) is 7.05 Å². The van der Waals surface area contributed by atoms with E-state index >= 15 is 0 Å². The molecule has 0 saturated heterocycles. The number of thiazole rings is 1. The third kappa shape index (κ3) is 4.72. The molecule has 0 radical (unpaired) electrons. The molecule has 1 aliphatic rings. The summed E-state index contributed by atoms with van der Waals surface area (Å²) in [6.07, 6.45) is 2.48. The minimum Gasteiger partial charge on any atom is -0.335 e. The van der Waals surface area contributed by atoms with Gasteiger partial charge >= 0.3 is 0 Å². The number of fused-ring (bicyclic) bond motifs is 2. The third-order valence-electron chi connectivity index (χ3n) is 4.55. The van der Waals surface area contributed by atoms with E-state index in [0.29, 0.717) is 13.0 Å². The Hall–Kier alpha value is -0.910. The van der Waals surface area contributed by atoms with Gasteiger partial charge in [-0.3, -0.25) is 4.55 Å². The average molecular weight is 577 g/mol. The average Bonchev–Trinajstić information content (AvgIpc) is 3.12. The van der Waals surface area contributed by atoms with Crippen LogP contribution in [0, 0.1) is 0 Å². The molecule has 0 spiro atoms. The highest BCUT2D eigenvalue weighted by atomic mass is 79.9. The fourth-order valence-electron chi connectivity index (χ4n) is 3.19. The SMILES string of the molecule is C[n+]1c(/C=C2\Sc3ccc(Br)cc3N2CCCS(=O)(=O)O)sc2ccc(Br)cc21. The first-order valence-electron chi connectivity index (χ1n) is 8.71. The lowest BCUT2D eigenvalue weighted by molar-refractivity contribution is -0.642. The molecule has 0 fully saturated rings. The normalized spacial score (nSPS) is 15.4. The van der Waals surface area contributed by atoms with Crippen molar-refractivity contribution in [1.82, 2.24) is 0 Å². The van der Waals surface area contributed by atoms with Crippen LogP contribution >= 0.6 is 55.0 Å². The van der Waals surface area contributed by atoms with E-state index in [1.54, 1.807) is 23.1 Å². The van der Waals surface area contributed by atoms with Gasteiger partial charge in [-0.15, -0.1) is 0 Å². The second-order valence-electron chi connectivity index (χ2n) is 6.60. The fraction of sp³-hybridized carbons (Fsp3) is 0.211. The number of halogens is 2. The van der Waals surface area contributed by atoms with Crippen LogP contribution in [0.5, 0.6) is 0 Å². The van der Waals surface area contributed by atoms with Crippen LogP contribution in [0.1, 0.15) is 11.4 Å². The Balaban J connectivity index is 1.72. The number of anilines is 1. The van der Waals surface area contributed by atoms with Crippen LogP contribution < -0.4 is 9.47 Å². The lowest BCUT2D eigenvalue weighted by Gasteiger charge is -2.20. The number of hydrogen-bond acceptors (Lipinski definition) is 5. The molecule has 3 aromatic rings. The molecular formula is C19H17Br2N2O3S3+. The van der Waals surface area contributed by atoms with Crippen LogP contribution in [0.3, 0.4) is 0 Å². The first-order chi connectivity index (χ1) is 13.7. The monoisotopic (exact) mass is 575 g/mol. The summed E-state index contributed by atoms with van der Waals surface area (Å²) in [5.41, 5.74) is 2.19. The second-order valence-corrected chi connectivity index (χ2v) is 12.1. The van der Waals surface area contributed by atoms with Gasteiger partial charge in [-0.1, -0.05) is 55.0 Å². The van der Waals surface area contributed by atoms with Gasteiger partial charge in [0.05, 0.1) is 22.5 Å². The molecule has 1 aromatic heterocycles. The number of aromatic nitrogens is 1. The van der Waals surface area contributed by atoms with Crippen molar-refractivity contribution in [3.63, 3.8) is 0 Å². The highest BCUT2D eigenvalue weighted by molar-refractivity contribution is 9.10. The first-order valence-corrected chi connectivity index (χ1v) is 13.5. The molecule has 1 N–H and O–H groups in total. The van der Waals surface area contributed by atoms with Gasteiger partial charge in [0.25, 0.3) is 15.1 Å². The Morgan fingerprint density at radius 2 is 1.90 bits per heavy atom. The summed E-state index contributed by atoms with van der Waals surface area (Å²) in [6, 6.07) is 12.3. The van der Waals surface area contributed by atoms with Crippen LogP contribution in [0.25, 0.3) is 16.3 Å². The topological polar surface area (TPSA) is 61.5 Å². The van der Waals surface area contributed by atoms with E-state index in [-0.39, 0.29) is 5.75 Å². The quantitative estimate of drug-likeness (QED) is 0.324. The van der Waals surface area contributed by atoms with Crippen molar-refractivity contribution in [2.75, 3.05) is 17.2 Å². The molecule has 0 bridgehead atoms. The van der Waals surface area contributed by atoms with E-state index < -0.39 is 10.1 Å². The van der Waals surface area contributed by atoms with Crippen molar-refractivity contribution in [2.45, 2.75) is 11.3 Å². The summed E-state index contributed by atoms with van der Waals surface area (Å²) in [5.74, 6) is -0.254. The summed E-state index contributed by atoms with van der Waals surface area (Å²) in [5, 5.41) is 2.14. The highest BCUT2D eigenvalue weighted by Gasteiger charge is 2.27. The third-order valence-corrected chi connectivity index (χ3v) is 8.62. The minimum absolute atomic E-state index is 0.254. The van der Waals surface area contributed by atoms with Crippen LogP contribution in [-0.4, -0.2) is 25.3 Å². The predicted molar refractivity (Wildman–Crippen MR) is 127 cm³/mol. The molecule has 5 nitrogen and oxygen atoms in total. The molecule has 0 unspecified atom stereocenters. The van der Waals surface area contributed by atoms with E-state index in [0.717, 1.165) is 35.1 Å². The van der Waals surface area contributed by atoms with Crippen LogP contribution in [0.15, 0.2) is 55.3 Å². The Morgan fingerprint density at radius 3 is 2.66 bits per heavy atom. The summed E-state index contributed by atoms with van der Waals surface area (Å²) in [6.45, 7) is 0.502. The molecule has 0 atom stereocenters. The molecular weight excluding hydrogens is 560 g/mol. The zero-order valence-electron chi connectivity index (χ0n) is 15.3. The maximum Gasteiger partial charge on any atom is 0.265 e. The standard InChI is InChI=1S/C19H16Br2N2O3S3/c1-22-14-9-12(20)3-5-16(14)27-18(22)11-19-23(7-2-8-29(24,25)26)15-10-13(21)4-6-17(15)28-19/h3-6,9-11H,2,7-8H2,1H3/p+1. The molecule has 0 saturated carbocycles. The lowest BCUT2D eigenvalue weighted by Crippen LogP contribution is -2.29. The molecule has 29 heavy (non-hydrogen) atoms. The summed E-state index contributed by atoms with van der Waals surface area (Å²) in [7, 11) is -1.93. The maximum absolute atomic E-state index is 11.2. The molecule has 0 aliphatic carbocycles. The molecule has 4 rings (SSSR count). The van der Waals surface area contributed by atoms with Crippen molar-refractivity contribution >= 4 is 87.1 Å². The first kappa shape index (κ1) is 21.3. The molecule has 1 aliphatic heterocycles. The fourth-order valence-corrected chi connectivity index (χ4v) is 6.63. The van der Waals surface area contributed by atoms with Crippen molar-refractivity contribution in [3.8, 4) is 0 Å². The van der Waals surface area contributed by atoms with Crippen LogP contribution in [-0.2, 0) is 17.2 Å². The molecule has 10 heteroatoms. The summed E-state index contributed by atoms with van der Waals surface area (Å²) in [4.78, 5) is 3.24. The number of rotatable bonds is 5. The van der Waals surface area contributed by atoms with Gasteiger partial charge in [0, 0.05) is 26.5 Å². The largest absolute Gasteiger partial charge is 0.335 e. The van der Waals surface area contributed by atoms with Gasteiger partial charge in [0.15, 0.2) is 0 Å². The number of benzene rings is 2. The van der Waals surface area contributed by atoms with Gasteiger partial charge in [-0.2, -0.15) is 13.0 Å². The Bertz CT molecular complexity index is 1240. The van der Waals surface area contributed by atoms with Crippen LogP contribution in [0.4, 0.5) is 5.69 Å². The second kappa shape index (κ2) is 8.32. The smallest absolute Gasteiger partial charge is 0.265 e. The summed E-state index contributed by atoms with van der Waals surface area (Å²) < 4.78 is 36.8. The Morgan fingerprint density at radius 1 is 1.17 bits per heavy atom. The van der Waals surface area contributed by atoms with Crippen molar-refractivity contribution in [1.29, 1.82) is 0 Å². The zero-order valence-corrected chi connectivity index (χ0v) is 20.9. The van der Waals surface area contributed by atoms with E-state index in [2.05, 4.69) is 65.6 Å².